The van der Waals surface area contributed by atoms with Crippen LogP contribution in [0.3, 0.4) is 0 Å². The average Bonchev–Trinajstić information content (AvgIpc) is 2.77. The molecule has 3 aromatic rings. The number of H-pyrrole nitrogens is 1. The van der Waals surface area contributed by atoms with Crippen LogP contribution in [0.25, 0.3) is 16.7 Å². The summed E-state index contributed by atoms with van der Waals surface area (Å²) < 4.78 is 15.3. The number of imidazole rings is 1. The quantitative estimate of drug-likeness (QED) is 0.679. The third-order valence-corrected chi connectivity index (χ3v) is 3.59. The van der Waals surface area contributed by atoms with E-state index < -0.39 is 5.82 Å². The van der Waals surface area contributed by atoms with Gasteiger partial charge in [0.05, 0.1) is 27.3 Å². The van der Waals surface area contributed by atoms with Crippen molar-refractivity contribution in [1.29, 1.82) is 5.26 Å². The van der Waals surface area contributed by atoms with Gasteiger partial charge in [0.2, 0.25) is 0 Å². The number of hydrogen-bond donors (Lipinski definition) is 1. The molecule has 3 nitrogen and oxygen atoms in total. The Hall–Kier alpha value is -2.16. The standard InChI is InChI=1S/C14H7ClFN3S/c15-10-2-1-3-12-13(10)18-14(20)19(12)11-5-4-9(16)6-8(11)7-17/h1-6H,(H,18,20). The minimum absolute atomic E-state index is 0.210. The number of benzene rings is 2. The molecular weight excluding hydrogens is 297 g/mol. The van der Waals surface area contributed by atoms with Crippen molar-refractivity contribution in [3.8, 4) is 11.8 Å². The molecule has 98 valence electrons. The summed E-state index contributed by atoms with van der Waals surface area (Å²) in [6, 6.07) is 11.3. The van der Waals surface area contributed by atoms with Crippen molar-refractivity contribution < 1.29 is 4.39 Å². The number of aromatic nitrogens is 2. The van der Waals surface area contributed by atoms with Crippen LogP contribution in [0.2, 0.25) is 5.02 Å². The molecule has 20 heavy (non-hydrogen) atoms. The Labute approximate surface area is 123 Å². The zero-order valence-corrected chi connectivity index (χ0v) is 11.6. The van der Waals surface area contributed by atoms with Gasteiger partial charge in [-0.25, -0.2) is 4.39 Å². The minimum Gasteiger partial charge on any atom is -0.329 e. The average molecular weight is 304 g/mol. The molecule has 0 aliphatic carbocycles. The van der Waals surface area contributed by atoms with E-state index in [1.54, 1.807) is 16.7 Å². The zero-order chi connectivity index (χ0) is 14.3. The fourth-order valence-electron chi connectivity index (χ4n) is 2.13. The monoisotopic (exact) mass is 303 g/mol. The highest BCUT2D eigenvalue weighted by Crippen LogP contribution is 2.27. The van der Waals surface area contributed by atoms with E-state index in [4.69, 9.17) is 29.1 Å². The third kappa shape index (κ3) is 1.90. The fourth-order valence-corrected chi connectivity index (χ4v) is 2.64. The molecule has 0 aliphatic heterocycles. The Morgan fingerprint density at radius 3 is 2.85 bits per heavy atom. The number of para-hydroxylation sites is 1. The van der Waals surface area contributed by atoms with Gasteiger partial charge in [-0.1, -0.05) is 17.7 Å². The predicted octanol–water partition coefficient (Wildman–Crippen LogP) is 4.35. The van der Waals surface area contributed by atoms with E-state index in [1.807, 2.05) is 12.1 Å². The maximum absolute atomic E-state index is 13.2. The van der Waals surface area contributed by atoms with Crippen LogP contribution in [0.1, 0.15) is 5.56 Å². The predicted molar refractivity (Wildman–Crippen MR) is 78.1 cm³/mol. The summed E-state index contributed by atoms with van der Waals surface area (Å²) in [6.45, 7) is 0. The molecule has 2 aromatic carbocycles. The summed E-state index contributed by atoms with van der Waals surface area (Å²) in [7, 11) is 0. The summed E-state index contributed by atoms with van der Waals surface area (Å²) in [6.07, 6.45) is 0. The number of rotatable bonds is 1. The first-order chi connectivity index (χ1) is 9.61. The van der Waals surface area contributed by atoms with E-state index in [0.29, 0.717) is 21.0 Å². The van der Waals surface area contributed by atoms with E-state index in [0.717, 1.165) is 5.52 Å². The molecule has 0 spiro atoms. The van der Waals surface area contributed by atoms with Crippen LogP contribution in [0.15, 0.2) is 36.4 Å². The van der Waals surface area contributed by atoms with Gasteiger partial charge >= 0.3 is 0 Å². The second-order valence-electron chi connectivity index (χ2n) is 4.17. The highest BCUT2D eigenvalue weighted by Gasteiger charge is 2.12. The molecular formula is C14H7ClFN3S. The maximum atomic E-state index is 13.2. The molecule has 0 atom stereocenters. The first-order valence-corrected chi connectivity index (χ1v) is 6.49. The normalized spacial score (nSPS) is 10.7. The van der Waals surface area contributed by atoms with E-state index in [-0.39, 0.29) is 5.56 Å². The van der Waals surface area contributed by atoms with Crippen LogP contribution < -0.4 is 0 Å². The largest absolute Gasteiger partial charge is 0.329 e. The van der Waals surface area contributed by atoms with Gasteiger partial charge in [-0.3, -0.25) is 4.57 Å². The van der Waals surface area contributed by atoms with Crippen molar-refractivity contribution in [2.75, 3.05) is 0 Å². The lowest BCUT2D eigenvalue weighted by molar-refractivity contribution is 0.627. The smallest absolute Gasteiger partial charge is 0.182 e. The molecule has 0 radical (unpaired) electrons. The van der Waals surface area contributed by atoms with Crippen molar-refractivity contribution in [3.63, 3.8) is 0 Å². The molecule has 1 aromatic heterocycles. The van der Waals surface area contributed by atoms with E-state index in [2.05, 4.69) is 4.98 Å². The Morgan fingerprint density at radius 2 is 2.10 bits per heavy atom. The SMILES string of the molecule is N#Cc1cc(F)ccc1-n1c(=S)[nH]c2c(Cl)cccc21. The molecule has 0 fully saturated rings. The number of hydrogen-bond acceptors (Lipinski definition) is 2. The Morgan fingerprint density at radius 1 is 1.30 bits per heavy atom. The van der Waals surface area contributed by atoms with Gasteiger partial charge in [0, 0.05) is 0 Å². The number of fused-ring (bicyclic) bond motifs is 1. The molecule has 0 aliphatic rings. The van der Waals surface area contributed by atoms with Crippen LogP contribution in [0, 0.1) is 21.9 Å². The Kier molecular flexibility index (Phi) is 3.05. The number of nitrogens with one attached hydrogen (secondary N) is 1. The van der Waals surface area contributed by atoms with Crippen LogP contribution in [0.5, 0.6) is 0 Å². The van der Waals surface area contributed by atoms with Gasteiger partial charge in [-0.15, -0.1) is 0 Å². The van der Waals surface area contributed by atoms with Crippen LogP contribution >= 0.6 is 23.8 Å². The first kappa shape index (κ1) is 12.9. The van der Waals surface area contributed by atoms with E-state index in [1.165, 1.54) is 18.2 Å². The topological polar surface area (TPSA) is 44.5 Å². The first-order valence-electron chi connectivity index (χ1n) is 5.71. The minimum atomic E-state index is -0.463. The Bertz CT molecular complexity index is 920. The number of aromatic amines is 1. The van der Waals surface area contributed by atoms with Gasteiger partial charge in [0.1, 0.15) is 11.9 Å². The van der Waals surface area contributed by atoms with Crippen LogP contribution in [0.4, 0.5) is 4.39 Å². The second-order valence-corrected chi connectivity index (χ2v) is 4.97. The van der Waals surface area contributed by atoms with Crippen molar-refractivity contribution in [1.82, 2.24) is 9.55 Å². The van der Waals surface area contributed by atoms with Crippen LogP contribution in [-0.2, 0) is 0 Å². The van der Waals surface area contributed by atoms with E-state index >= 15 is 0 Å². The van der Waals surface area contributed by atoms with Gasteiger partial charge in [0.25, 0.3) is 0 Å². The van der Waals surface area contributed by atoms with Crippen molar-refractivity contribution in [3.05, 3.63) is 57.6 Å². The van der Waals surface area contributed by atoms with Gasteiger partial charge in [-0.05, 0) is 42.5 Å². The summed E-state index contributed by atoms with van der Waals surface area (Å²) in [5.41, 5.74) is 2.16. The summed E-state index contributed by atoms with van der Waals surface area (Å²) >= 11 is 11.4. The lowest BCUT2D eigenvalue weighted by atomic mass is 10.2. The molecule has 6 heteroatoms. The molecule has 0 unspecified atom stereocenters. The zero-order valence-electron chi connectivity index (χ0n) is 10.0. The van der Waals surface area contributed by atoms with Gasteiger partial charge in [0.15, 0.2) is 4.77 Å². The van der Waals surface area contributed by atoms with Gasteiger partial charge < -0.3 is 4.98 Å². The van der Waals surface area contributed by atoms with Gasteiger partial charge in [-0.2, -0.15) is 5.26 Å². The Balaban J connectivity index is 2.42. The van der Waals surface area contributed by atoms with Crippen LogP contribution in [-0.4, -0.2) is 9.55 Å². The van der Waals surface area contributed by atoms with E-state index in [9.17, 15) is 4.39 Å². The lowest BCUT2D eigenvalue weighted by Crippen LogP contribution is -1.98. The molecule has 0 saturated carbocycles. The van der Waals surface area contributed by atoms with Crippen molar-refractivity contribution >= 4 is 34.9 Å². The highest BCUT2D eigenvalue weighted by atomic mass is 35.5. The molecule has 0 saturated heterocycles. The lowest BCUT2D eigenvalue weighted by Gasteiger charge is -2.07. The highest BCUT2D eigenvalue weighted by molar-refractivity contribution is 7.71. The van der Waals surface area contributed by atoms with Crippen molar-refractivity contribution in [2.45, 2.75) is 0 Å². The third-order valence-electron chi connectivity index (χ3n) is 2.99. The molecule has 1 N–H and O–H groups in total. The second kappa shape index (κ2) is 4.75. The molecule has 3 rings (SSSR count). The molecule has 0 bridgehead atoms. The van der Waals surface area contributed by atoms with Crippen molar-refractivity contribution in [2.24, 2.45) is 0 Å². The summed E-state index contributed by atoms with van der Waals surface area (Å²) in [5.74, 6) is -0.463. The molecule has 1 heterocycles. The molecule has 0 amide bonds. The summed E-state index contributed by atoms with van der Waals surface area (Å²) in [4.78, 5) is 3.00. The fraction of sp³-hybridized carbons (Fsp3) is 0. The number of nitrogens with zero attached hydrogens (tertiary/aromatic N) is 2. The number of halogens is 2. The maximum Gasteiger partial charge on any atom is 0.182 e. The summed E-state index contributed by atoms with van der Waals surface area (Å²) in [5, 5.41) is 9.69. The number of nitriles is 1.